The second-order valence-electron chi connectivity index (χ2n) is 8.69. The van der Waals surface area contributed by atoms with Crippen LogP contribution in [0, 0.1) is 11.7 Å². The van der Waals surface area contributed by atoms with Gasteiger partial charge in [-0.2, -0.15) is 5.10 Å². The fourth-order valence-electron chi connectivity index (χ4n) is 4.18. The molecule has 7 nitrogen and oxygen atoms in total. The molecule has 4 rings (SSSR count). The molecule has 0 spiro atoms. The van der Waals surface area contributed by atoms with Crippen LogP contribution in [0.15, 0.2) is 54.6 Å². The quantitative estimate of drug-likeness (QED) is 0.466. The molecule has 1 fully saturated rings. The van der Waals surface area contributed by atoms with Crippen molar-refractivity contribution < 1.29 is 18.7 Å². The number of carbonyl (C=O) groups excluding carboxylic acids is 2. The average molecular weight is 479 g/mol. The number of nitrogens with zero attached hydrogens (tertiary/aromatic N) is 4. The summed E-state index contributed by atoms with van der Waals surface area (Å²) in [7, 11) is 0. The van der Waals surface area contributed by atoms with Gasteiger partial charge in [0.05, 0.1) is 18.0 Å². The van der Waals surface area contributed by atoms with Crippen LogP contribution in [0.1, 0.15) is 37.7 Å². The minimum Gasteiger partial charge on any atom is -0.461 e. The molecule has 0 bridgehead atoms. The molecule has 0 aliphatic carbocycles. The maximum absolute atomic E-state index is 13.5. The van der Waals surface area contributed by atoms with Gasteiger partial charge in [0.25, 0.3) is 0 Å². The smallest absolute Gasteiger partial charge is 0.358 e. The predicted molar refractivity (Wildman–Crippen MR) is 133 cm³/mol. The minimum absolute atomic E-state index is 0.0614. The molecule has 0 unspecified atom stereocenters. The molecule has 1 aromatic heterocycles. The molecule has 3 aromatic rings. The Balaban J connectivity index is 1.55. The van der Waals surface area contributed by atoms with Crippen LogP contribution >= 0.6 is 0 Å². The highest BCUT2D eigenvalue weighted by atomic mass is 19.1. The lowest BCUT2D eigenvalue weighted by atomic mass is 10.1. The number of benzene rings is 2. The van der Waals surface area contributed by atoms with Gasteiger partial charge in [-0.15, -0.1) is 0 Å². The Labute approximate surface area is 205 Å². The van der Waals surface area contributed by atoms with E-state index in [4.69, 9.17) is 4.74 Å². The molecule has 8 heteroatoms. The molecular weight excluding hydrogens is 447 g/mol. The zero-order valence-corrected chi connectivity index (χ0v) is 20.4. The first-order valence-electron chi connectivity index (χ1n) is 12.1. The van der Waals surface area contributed by atoms with Crippen molar-refractivity contribution in [3.63, 3.8) is 0 Å². The Morgan fingerprint density at radius 1 is 0.971 bits per heavy atom. The maximum atomic E-state index is 13.5. The average Bonchev–Trinajstić information content (AvgIpc) is 3.34. The number of rotatable bonds is 7. The van der Waals surface area contributed by atoms with Crippen LogP contribution in [0.4, 0.5) is 10.1 Å². The molecule has 0 radical (unpaired) electrons. The standard InChI is InChI=1S/C27H31FN4O3/c1-4-19(3)26(33)31-16-14-30(15-17-31)22-10-6-20(7-11-22)25-18-24(27(34)35-5-2)29-32(25)23-12-8-21(28)9-13-23/h6-13,18-19H,4-5,14-17H2,1-3H3/t19-/m1/s1. The van der Waals surface area contributed by atoms with Gasteiger partial charge >= 0.3 is 5.97 Å². The largest absolute Gasteiger partial charge is 0.461 e. The normalized spacial score (nSPS) is 14.6. The number of hydrogen-bond acceptors (Lipinski definition) is 5. The van der Waals surface area contributed by atoms with E-state index in [1.54, 1.807) is 29.8 Å². The van der Waals surface area contributed by atoms with Gasteiger partial charge < -0.3 is 14.5 Å². The number of amides is 1. The van der Waals surface area contributed by atoms with Crippen LogP contribution in [0.3, 0.4) is 0 Å². The fraction of sp³-hybridized carbons (Fsp3) is 0.370. The van der Waals surface area contributed by atoms with Crippen molar-refractivity contribution in [1.82, 2.24) is 14.7 Å². The Morgan fingerprint density at radius 3 is 2.20 bits per heavy atom. The number of aromatic nitrogens is 2. The Bertz CT molecular complexity index is 1170. The van der Waals surface area contributed by atoms with E-state index in [2.05, 4.69) is 10.00 Å². The SMILES string of the molecule is CCOC(=O)c1cc(-c2ccc(N3CCN(C(=O)[C@H](C)CC)CC3)cc2)n(-c2ccc(F)cc2)n1. The third-order valence-corrected chi connectivity index (χ3v) is 6.42. The molecule has 2 aromatic carbocycles. The molecule has 35 heavy (non-hydrogen) atoms. The Morgan fingerprint density at radius 2 is 1.60 bits per heavy atom. The Hall–Kier alpha value is -3.68. The highest BCUT2D eigenvalue weighted by molar-refractivity contribution is 5.89. The number of halogens is 1. The lowest BCUT2D eigenvalue weighted by molar-refractivity contribution is -0.135. The first kappa shape index (κ1) is 24.4. The summed E-state index contributed by atoms with van der Waals surface area (Å²) in [6.45, 7) is 9.01. The molecule has 0 saturated carbocycles. The minimum atomic E-state index is -0.504. The van der Waals surface area contributed by atoms with Crippen LogP contribution in [-0.2, 0) is 9.53 Å². The molecule has 1 aliphatic rings. The predicted octanol–water partition coefficient (Wildman–Crippen LogP) is 4.55. The second-order valence-corrected chi connectivity index (χ2v) is 8.69. The summed E-state index contributed by atoms with van der Waals surface area (Å²) in [5.74, 6) is -0.556. The highest BCUT2D eigenvalue weighted by Crippen LogP contribution is 2.28. The summed E-state index contributed by atoms with van der Waals surface area (Å²) in [6.07, 6.45) is 0.854. The monoisotopic (exact) mass is 478 g/mol. The molecule has 1 amide bonds. The van der Waals surface area contributed by atoms with Crippen molar-refractivity contribution in [2.45, 2.75) is 27.2 Å². The first-order valence-corrected chi connectivity index (χ1v) is 12.1. The lowest BCUT2D eigenvalue weighted by Gasteiger charge is -2.37. The van der Waals surface area contributed by atoms with E-state index in [9.17, 15) is 14.0 Å². The van der Waals surface area contributed by atoms with Gasteiger partial charge in [0.15, 0.2) is 5.69 Å². The van der Waals surface area contributed by atoms with E-state index in [1.807, 2.05) is 43.0 Å². The lowest BCUT2D eigenvalue weighted by Crippen LogP contribution is -2.50. The zero-order valence-electron chi connectivity index (χ0n) is 20.4. The van der Waals surface area contributed by atoms with Gasteiger partial charge in [-0.3, -0.25) is 4.79 Å². The van der Waals surface area contributed by atoms with Gasteiger partial charge in [-0.1, -0.05) is 26.0 Å². The van der Waals surface area contributed by atoms with Crippen LogP contribution in [0.25, 0.3) is 16.9 Å². The topological polar surface area (TPSA) is 67.7 Å². The molecule has 1 aliphatic heterocycles. The van der Waals surface area contributed by atoms with Crippen LogP contribution in [0.2, 0.25) is 0 Å². The fourth-order valence-corrected chi connectivity index (χ4v) is 4.18. The molecule has 1 saturated heterocycles. The van der Waals surface area contributed by atoms with Gasteiger partial charge in [-0.05, 0) is 55.8 Å². The van der Waals surface area contributed by atoms with E-state index in [1.165, 1.54) is 12.1 Å². The summed E-state index contributed by atoms with van der Waals surface area (Å²) in [5, 5.41) is 4.44. The van der Waals surface area contributed by atoms with E-state index in [0.29, 0.717) is 24.5 Å². The van der Waals surface area contributed by atoms with E-state index in [-0.39, 0.29) is 29.9 Å². The van der Waals surface area contributed by atoms with Crippen molar-refractivity contribution in [3.05, 3.63) is 66.1 Å². The third kappa shape index (κ3) is 5.37. The molecule has 184 valence electrons. The van der Waals surface area contributed by atoms with Crippen LogP contribution in [0.5, 0.6) is 0 Å². The van der Waals surface area contributed by atoms with E-state index in [0.717, 1.165) is 30.8 Å². The maximum Gasteiger partial charge on any atom is 0.358 e. The molecule has 0 N–H and O–H groups in total. The third-order valence-electron chi connectivity index (χ3n) is 6.42. The molecular formula is C27H31FN4O3. The van der Waals surface area contributed by atoms with E-state index < -0.39 is 5.97 Å². The summed E-state index contributed by atoms with van der Waals surface area (Å²) < 4.78 is 20.2. The molecule has 1 atom stereocenters. The first-order chi connectivity index (χ1) is 16.9. The number of esters is 1. The number of anilines is 1. The van der Waals surface area contributed by atoms with Crippen LogP contribution < -0.4 is 4.90 Å². The number of hydrogen-bond donors (Lipinski definition) is 0. The number of carbonyl (C=O) groups is 2. The second kappa shape index (κ2) is 10.7. The van der Waals surface area contributed by atoms with Crippen molar-refractivity contribution in [2.24, 2.45) is 5.92 Å². The molecule has 2 heterocycles. The van der Waals surface area contributed by atoms with Crippen molar-refractivity contribution >= 4 is 17.6 Å². The van der Waals surface area contributed by atoms with Crippen molar-refractivity contribution in [1.29, 1.82) is 0 Å². The summed E-state index contributed by atoms with van der Waals surface area (Å²) >= 11 is 0. The number of ether oxygens (including phenoxy) is 1. The van der Waals surface area contributed by atoms with E-state index >= 15 is 0 Å². The summed E-state index contributed by atoms with van der Waals surface area (Å²) in [5.41, 5.74) is 3.48. The Kier molecular flexibility index (Phi) is 7.48. The van der Waals surface area contributed by atoms with Gasteiger partial charge in [0, 0.05) is 43.3 Å². The zero-order chi connectivity index (χ0) is 24.9. The summed E-state index contributed by atoms with van der Waals surface area (Å²) in [4.78, 5) is 29.0. The number of piperazine rings is 1. The van der Waals surface area contributed by atoms with Crippen molar-refractivity contribution in [3.8, 4) is 16.9 Å². The van der Waals surface area contributed by atoms with Crippen molar-refractivity contribution in [2.75, 3.05) is 37.7 Å². The van der Waals surface area contributed by atoms with Gasteiger partial charge in [0.2, 0.25) is 5.91 Å². The van der Waals surface area contributed by atoms with Gasteiger partial charge in [0.1, 0.15) is 5.82 Å². The highest BCUT2D eigenvalue weighted by Gasteiger charge is 2.24. The van der Waals surface area contributed by atoms with Crippen LogP contribution in [-0.4, -0.2) is 59.3 Å². The summed E-state index contributed by atoms with van der Waals surface area (Å²) in [6, 6.07) is 15.7. The van der Waals surface area contributed by atoms with Gasteiger partial charge in [-0.25, -0.2) is 13.9 Å².